The summed E-state index contributed by atoms with van der Waals surface area (Å²) in [5.74, 6) is 7.25. The predicted octanol–water partition coefficient (Wildman–Crippen LogP) is 1.43. The summed E-state index contributed by atoms with van der Waals surface area (Å²) in [5.41, 5.74) is 2.09. The second-order valence-electron chi connectivity index (χ2n) is 5.82. The van der Waals surface area contributed by atoms with Crippen LogP contribution in [0.3, 0.4) is 0 Å². The summed E-state index contributed by atoms with van der Waals surface area (Å²) in [6.07, 6.45) is 0. The van der Waals surface area contributed by atoms with Crippen LogP contribution >= 0.6 is 11.8 Å². The molecule has 0 radical (unpaired) electrons. The van der Waals surface area contributed by atoms with E-state index >= 15 is 0 Å². The number of rotatable bonds is 9. The monoisotopic (exact) mass is 379 g/mol. The molecule has 1 amide bonds. The van der Waals surface area contributed by atoms with Crippen LogP contribution in [0, 0.1) is 13.8 Å². The maximum atomic E-state index is 12.0. The maximum absolute atomic E-state index is 12.0. The lowest BCUT2D eigenvalue weighted by Gasteiger charge is -2.12. The van der Waals surface area contributed by atoms with Crippen molar-refractivity contribution in [1.82, 2.24) is 20.2 Å². The van der Waals surface area contributed by atoms with Gasteiger partial charge in [-0.05, 0) is 31.9 Å². The van der Waals surface area contributed by atoms with E-state index in [9.17, 15) is 4.79 Å². The van der Waals surface area contributed by atoms with E-state index in [2.05, 4.69) is 15.5 Å². The molecule has 0 saturated heterocycles. The molecule has 2 aromatic rings. The van der Waals surface area contributed by atoms with Crippen molar-refractivity contribution < 1.29 is 14.3 Å². The Hall–Kier alpha value is -2.26. The number of methoxy groups -OCH3 is 1. The number of carbonyl (C=O) groups is 1. The van der Waals surface area contributed by atoms with Crippen LogP contribution in [-0.4, -0.2) is 46.3 Å². The van der Waals surface area contributed by atoms with Gasteiger partial charge in [-0.25, -0.2) is 4.68 Å². The molecule has 0 unspecified atom stereocenters. The number of thioether (sulfide) groups is 1. The molecule has 9 heteroatoms. The van der Waals surface area contributed by atoms with E-state index in [4.69, 9.17) is 15.3 Å². The molecule has 0 bridgehead atoms. The molecular formula is C17H25N5O3S. The Morgan fingerprint density at radius 3 is 2.69 bits per heavy atom. The average Bonchev–Trinajstić information content (AvgIpc) is 2.94. The number of nitrogen functional groups attached to an aromatic ring is 1. The number of aryl methyl sites for hydroxylation is 2. The van der Waals surface area contributed by atoms with Crippen molar-refractivity contribution in [2.24, 2.45) is 0 Å². The standard InChI is InChI=1S/C17H25N5O3S/c1-11-6-5-7-12(2)15(11)25-10-14-20-21-17(22(14)18)26-13(3)16(23)19-8-9-24-4/h5-7,13H,8-10,18H2,1-4H3,(H,19,23)/t13-/m0/s1. The van der Waals surface area contributed by atoms with Crippen LogP contribution in [0.5, 0.6) is 5.75 Å². The molecule has 0 spiro atoms. The molecule has 1 heterocycles. The molecule has 1 atom stereocenters. The Kier molecular flexibility index (Phi) is 7.28. The quantitative estimate of drug-likeness (QED) is 0.386. The molecule has 142 valence electrons. The molecule has 0 saturated carbocycles. The van der Waals surface area contributed by atoms with Gasteiger partial charge in [-0.2, -0.15) is 0 Å². The fraction of sp³-hybridized carbons (Fsp3) is 0.471. The highest BCUT2D eigenvalue weighted by molar-refractivity contribution is 8.00. The molecule has 26 heavy (non-hydrogen) atoms. The summed E-state index contributed by atoms with van der Waals surface area (Å²) in [5, 5.41) is 11.0. The topological polar surface area (TPSA) is 104 Å². The Morgan fingerprint density at radius 2 is 2.04 bits per heavy atom. The summed E-state index contributed by atoms with van der Waals surface area (Å²) in [4.78, 5) is 12.0. The minimum absolute atomic E-state index is 0.108. The first-order valence-electron chi connectivity index (χ1n) is 8.25. The number of nitrogens with one attached hydrogen (secondary N) is 1. The fourth-order valence-electron chi connectivity index (χ4n) is 2.28. The van der Waals surface area contributed by atoms with Crippen LogP contribution in [0.25, 0.3) is 0 Å². The Morgan fingerprint density at radius 1 is 1.35 bits per heavy atom. The number of nitrogens with zero attached hydrogens (tertiary/aromatic N) is 3. The number of hydrogen-bond donors (Lipinski definition) is 2. The van der Waals surface area contributed by atoms with Crippen molar-refractivity contribution in [1.29, 1.82) is 0 Å². The van der Waals surface area contributed by atoms with Gasteiger partial charge >= 0.3 is 0 Å². The largest absolute Gasteiger partial charge is 0.485 e. The number of carbonyl (C=O) groups excluding carboxylic acids is 1. The highest BCUT2D eigenvalue weighted by Gasteiger charge is 2.19. The van der Waals surface area contributed by atoms with Crippen molar-refractivity contribution in [3.05, 3.63) is 35.2 Å². The molecule has 1 aromatic carbocycles. The summed E-state index contributed by atoms with van der Waals surface area (Å²) in [7, 11) is 1.59. The third-order valence-corrected chi connectivity index (χ3v) is 4.80. The lowest BCUT2D eigenvalue weighted by molar-refractivity contribution is -0.120. The zero-order valence-corrected chi connectivity index (χ0v) is 16.3. The molecule has 0 aliphatic heterocycles. The number of hydrogen-bond acceptors (Lipinski definition) is 7. The highest BCUT2D eigenvalue weighted by atomic mass is 32.2. The summed E-state index contributed by atoms with van der Waals surface area (Å²) >= 11 is 1.24. The van der Waals surface area contributed by atoms with Crippen LogP contribution in [0.15, 0.2) is 23.4 Å². The van der Waals surface area contributed by atoms with Crippen molar-refractivity contribution >= 4 is 17.7 Å². The smallest absolute Gasteiger partial charge is 0.233 e. The van der Waals surface area contributed by atoms with Crippen molar-refractivity contribution in [3.8, 4) is 5.75 Å². The molecule has 3 N–H and O–H groups in total. The van der Waals surface area contributed by atoms with Crippen molar-refractivity contribution in [3.63, 3.8) is 0 Å². The van der Waals surface area contributed by atoms with Crippen LogP contribution < -0.4 is 15.9 Å². The Labute approximate surface area is 157 Å². The molecule has 2 rings (SSSR count). The van der Waals surface area contributed by atoms with E-state index in [1.807, 2.05) is 32.0 Å². The van der Waals surface area contributed by atoms with E-state index in [0.29, 0.717) is 24.1 Å². The summed E-state index contributed by atoms with van der Waals surface area (Å²) in [6.45, 7) is 6.89. The summed E-state index contributed by atoms with van der Waals surface area (Å²) < 4.78 is 12.1. The van der Waals surface area contributed by atoms with E-state index in [-0.39, 0.29) is 17.8 Å². The second kappa shape index (κ2) is 9.44. The van der Waals surface area contributed by atoms with Gasteiger partial charge in [0.25, 0.3) is 0 Å². The first-order chi connectivity index (χ1) is 12.4. The number of aromatic nitrogens is 3. The zero-order chi connectivity index (χ0) is 19.1. The van der Waals surface area contributed by atoms with Gasteiger partial charge in [0.15, 0.2) is 5.82 Å². The van der Waals surface area contributed by atoms with Gasteiger partial charge in [0.2, 0.25) is 11.1 Å². The van der Waals surface area contributed by atoms with E-state index in [0.717, 1.165) is 16.9 Å². The van der Waals surface area contributed by atoms with Gasteiger partial charge in [0.05, 0.1) is 11.9 Å². The van der Waals surface area contributed by atoms with Gasteiger partial charge < -0.3 is 20.6 Å². The number of para-hydroxylation sites is 1. The highest BCUT2D eigenvalue weighted by Crippen LogP contribution is 2.24. The summed E-state index contributed by atoms with van der Waals surface area (Å²) in [6, 6.07) is 5.96. The number of benzene rings is 1. The lowest BCUT2D eigenvalue weighted by atomic mass is 10.1. The predicted molar refractivity (Wildman–Crippen MR) is 101 cm³/mol. The van der Waals surface area contributed by atoms with Gasteiger partial charge in [0, 0.05) is 13.7 Å². The Bertz CT molecular complexity index is 730. The third-order valence-electron chi connectivity index (χ3n) is 3.75. The van der Waals surface area contributed by atoms with Crippen LogP contribution in [0.4, 0.5) is 0 Å². The van der Waals surface area contributed by atoms with Gasteiger partial charge in [0.1, 0.15) is 12.4 Å². The van der Waals surface area contributed by atoms with Crippen molar-refractivity contribution in [2.75, 3.05) is 26.1 Å². The number of nitrogens with two attached hydrogens (primary N) is 1. The van der Waals surface area contributed by atoms with E-state index in [1.54, 1.807) is 14.0 Å². The SMILES string of the molecule is COCCNC(=O)[C@H](C)Sc1nnc(COc2c(C)cccc2C)n1N. The minimum atomic E-state index is -0.356. The van der Waals surface area contributed by atoms with Gasteiger partial charge in [-0.1, -0.05) is 30.0 Å². The van der Waals surface area contributed by atoms with Crippen LogP contribution in [-0.2, 0) is 16.1 Å². The second-order valence-corrected chi connectivity index (χ2v) is 7.13. The van der Waals surface area contributed by atoms with E-state index < -0.39 is 0 Å². The lowest BCUT2D eigenvalue weighted by Crippen LogP contribution is -2.33. The van der Waals surface area contributed by atoms with Gasteiger partial charge in [-0.15, -0.1) is 10.2 Å². The van der Waals surface area contributed by atoms with Crippen LogP contribution in [0.1, 0.15) is 23.9 Å². The maximum Gasteiger partial charge on any atom is 0.233 e. The van der Waals surface area contributed by atoms with Crippen molar-refractivity contribution in [2.45, 2.75) is 37.8 Å². The molecule has 8 nitrogen and oxygen atoms in total. The first kappa shape index (κ1) is 20.1. The number of amides is 1. The molecule has 0 aliphatic carbocycles. The fourth-order valence-corrected chi connectivity index (χ4v) is 3.09. The molecule has 1 aromatic heterocycles. The molecule has 0 fully saturated rings. The zero-order valence-electron chi connectivity index (χ0n) is 15.5. The number of ether oxygens (including phenoxy) is 2. The normalized spacial score (nSPS) is 12.0. The Balaban J connectivity index is 1.96. The van der Waals surface area contributed by atoms with E-state index in [1.165, 1.54) is 16.4 Å². The molecule has 0 aliphatic rings. The van der Waals surface area contributed by atoms with Gasteiger partial charge in [-0.3, -0.25) is 4.79 Å². The van der Waals surface area contributed by atoms with Crippen LogP contribution in [0.2, 0.25) is 0 Å². The third kappa shape index (κ3) is 5.12. The average molecular weight is 379 g/mol. The first-order valence-corrected chi connectivity index (χ1v) is 9.13. The minimum Gasteiger partial charge on any atom is -0.485 e. The molecular weight excluding hydrogens is 354 g/mol.